The topological polar surface area (TPSA) is 43.6 Å². The second kappa shape index (κ2) is 5.70. The Morgan fingerprint density at radius 3 is 2.59 bits per heavy atom. The van der Waals surface area contributed by atoms with Gasteiger partial charge >= 0.3 is 0 Å². The van der Waals surface area contributed by atoms with Crippen LogP contribution in [0.15, 0.2) is 60.9 Å². The van der Waals surface area contributed by atoms with Gasteiger partial charge in [0, 0.05) is 40.7 Å². The van der Waals surface area contributed by atoms with Crippen molar-refractivity contribution >= 4 is 21.8 Å². The van der Waals surface area contributed by atoms with Gasteiger partial charge in [0.25, 0.3) is 0 Å². The molecule has 3 N–H and O–H groups in total. The third kappa shape index (κ3) is 2.40. The highest BCUT2D eigenvalue weighted by molar-refractivity contribution is 5.83. The summed E-state index contributed by atoms with van der Waals surface area (Å²) < 4.78 is 0. The average Bonchev–Trinajstić information content (AvgIpc) is 3.19. The summed E-state index contributed by atoms with van der Waals surface area (Å²) in [4.78, 5) is 6.60. The minimum Gasteiger partial charge on any atom is -0.361 e. The highest BCUT2D eigenvalue weighted by Crippen LogP contribution is 2.19. The fourth-order valence-corrected chi connectivity index (χ4v) is 3.09. The van der Waals surface area contributed by atoms with Crippen LogP contribution in [0, 0.1) is 0 Å². The zero-order valence-electron chi connectivity index (χ0n) is 12.4. The van der Waals surface area contributed by atoms with Gasteiger partial charge in [-0.05, 0) is 42.3 Å². The number of nitrogens with one attached hydrogen (secondary N) is 3. The van der Waals surface area contributed by atoms with Gasteiger partial charge in [0.05, 0.1) is 0 Å². The Morgan fingerprint density at radius 2 is 1.59 bits per heavy atom. The molecule has 0 radical (unpaired) electrons. The molecule has 0 unspecified atom stereocenters. The summed E-state index contributed by atoms with van der Waals surface area (Å²) in [6, 6.07) is 17.0. The quantitative estimate of drug-likeness (QED) is 0.478. The van der Waals surface area contributed by atoms with Crippen LogP contribution in [-0.4, -0.2) is 16.5 Å². The van der Waals surface area contributed by atoms with Crippen LogP contribution in [0.4, 0.5) is 0 Å². The second-order valence-corrected chi connectivity index (χ2v) is 5.64. The molecule has 0 saturated carbocycles. The number of aromatic nitrogens is 2. The number of benzene rings is 2. The minimum atomic E-state index is 0.900. The van der Waals surface area contributed by atoms with Gasteiger partial charge in [0.2, 0.25) is 0 Å². The molecule has 2 aromatic heterocycles. The van der Waals surface area contributed by atoms with Crippen LogP contribution in [0.25, 0.3) is 21.8 Å². The third-order valence-corrected chi connectivity index (χ3v) is 4.25. The molecule has 2 aromatic carbocycles. The number of para-hydroxylation sites is 1. The first-order chi connectivity index (χ1) is 10.9. The molecule has 2 heterocycles. The molecule has 0 spiro atoms. The van der Waals surface area contributed by atoms with Crippen LogP contribution in [0.1, 0.15) is 11.1 Å². The van der Waals surface area contributed by atoms with Crippen molar-refractivity contribution in [2.75, 3.05) is 6.54 Å². The molecule has 0 aliphatic heterocycles. The largest absolute Gasteiger partial charge is 0.361 e. The molecule has 0 fully saturated rings. The number of aromatic amines is 2. The van der Waals surface area contributed by atoms with Gasteiger partial charge in [0.15, 0.2) is 0 Å². The minimum absolute atomic E-state index is 0.900. The molecule has 110 valence electrons. The van der Waals surface area contributed by atoms with E-state index in [0.717, 1.165) is 19.5 Å². The molecule has 22 heavy (non-hydrogen) atoms. The molecule has 0 amide bonds. The Morgan fingerprint density at radius 1 is 0.773 bits per heavy atom. The Bertz CT molecular complexity index is 901. The Labute approximate surface area is 129 Å². The second-order valence-electron chi connectivity index (χ2n) is 5.64. The van der Waals surface area contributed by atoms with Crippen molar-refractivity contribution in [3.8, 4) is 0 Å². The molecule has 4 aromatic rings. The number of rotatable bonds is 5. The van der Waals surface area contributed by atoms with Crippen LogP contribution >= 0.6 is 0 Å². The summed E-state index contributed by atoms with van der Waals surface area (Å²) in [5.74, 6) is 0. The average molecular weight is 289 g/mol. The highest BCUT2D eigenvalue weighted by Gasteiger charge is 2.03. The summed E-state index contributed by atoms with van der Waals surface area (Å²) in [5, 5.41) is 6.20. The van der Waals surface area contributed by atoms with Crippen LogP contribution in [-0.2, 0) is 13.0 Å². The standard InChI is InChI=1S/C19H19N3/c1-2-6-19-16(5-1)15(13-22-19)8-10-20-12-14-4-3-7-18-17(14)9-11-21-18/h1-7,9,11,13,20-22H,8,10,12H2. The first-order valence-electron chi connectivity index (χ1n) is 7.72. The van der Waals surface area contributed by atoms with Crippen molar-refractivity contribution in [3.05, 3.63) is 72.1 Å². The maximum atomic E-state index is 3.56. The lowest BCUT2D eigenvalue weighted by atomic mass is 10.1. The van der Waals surface area contributed by atoms with Crippen LogP contribution in [0.2, 0.25) is 0 Å². The summed E-state index contributed by atoms with van der Waals surface area (Å²) in [5.41, 5.74) is 5.14. The van der Waals surface area contributed by atoms with E-state index in [-0.39, 0.29) is 0 Å². The monoisotopic (exact) mass is 289 g/mol. The van der Waals surface area contributed by atoms with Crippen LogP contribution < -0.4 is 5.32 Å². The van der Waals surface area contributed by atoms with Gasteiger partial charge in [-0.2, -0.15) is 0 Å². The zero-order chi connectivity index (χ0) is 14.8. The summed E-state index contributed by atoms with van der Waals surface area (Å²) in [7, 11) is 0. The molecule has 0 atom stereocenters. The van der Waals surface area contributed by atoms with Gasteiger partial charge in [-0.3, -0.25) is 0 Å². The summed E-state index contributed by atoms with van der Waals surface area (Å²) in [6.45, 7) is 1.88. The van der Waals surface area contributed by atoms with Crippen molar-refractivity contribution < 1.29 is 0 Å². The maximum Gasteiger partial charge on any atom is 0.0457 e. The first-order valence-corrected chi connectivity index (χ1v) is 7.72. The summed E-state index contributed by atoms with van der Waals surface area (Å²) >= 11 is 0. The molecule has 0 bridgehead atoms. The van der Waals surface area contributed by atoms with Gasteiger partial charge in [0.1, 0.15) is 0 Å². The van der Waals surface area contributed by atoms with E-state index < -0.39 is 0 Å². The van der Waals surface area contributed by atoms with Gasteiger partial charge in [-0.25, -0.2) is 0 Å². The van der Waals surface area contributed by atoms with Gasteiger partial charge < -0.3 is 15.3 Å². The molecule has 3 nitrogen and oxygen atoms in total. The van der Waals surface area contributed by atoms with E-state index in [1.807, 2.05) is 6.20 Å². The van der Waals surface area contributed by atoms with Crippen LogP contribution in [0.3, 0.4) is 0 Å². The molecule has 0 saturated heterocycles. The van der Waals surface area contributed by atoms with Crippen molar-refractivity contribution in [2.45, 2.75) is 13.0 Å². The van der Waals surface area contributed by atoms with Crippen LogP contribution in [0.5, 0.6) is 0 Å². The predicted molar refractivity (Wildman–Crippen MR) is 92.0 cm³/mol. The number of hydrogen-bond donors (Lipinski definition) is 3. The number of hydrogen-bond acceptors (Lipinski definition) is 1. The number of fused-ring (bicyclic) bond motifs is 2. The Hall–Kier alpha value is -2.52. The van der Waals surface area contributed by atoms with E-state index >= 15 is 0 Å². The fraction of sp³-hybridized carbons (Fsp3) is 0.158. The third-order valence-electron chi connectivity index (χ3n) is 4.25. The molecular formula is C19H19N3. The SMILES string of the molecule is c1ccc2c(CCNCc3cccc4[nH]ccc34)c[nH]c2c1. The smallest absolute Gasteiger partial charge is 0.0457 e. The Kier molecular flexibility index (Phi) is 3.41. The van der Waals surface area contributed by atoms with E-state index in [2.05, 4.69) is 70.0 Å². The van der Waals surface area contributed by atoms with E-state index in [1.54, 1.807) is 0 Å². The Balaban J connectivity index is 1.40. The molecule has 4 rings (SSSR count). The molecule has 3 heteroatoms. The van der Waals surface area contributed by atoms with Crippen molar-refractivity contribution in [1.82, 2.24) is 15.3 Å². The molecule has 0 aliphatic carbocycles. The van der Waals surface area contributed by atoms with E-state index in [0.29, 0.717) is 0 Å². The fourth-order valence-electron chi connectivity index (χ4n) is 3.09. The zero-order valence-corrected chi connectivity index (χ0v) is 12.4. The van der Waals surface area contributed by atoms with Gasteiger partial charge in [-0.15, -0.1) is 0 Å². The van der Waals surface area contributed by atoms with Crippen molar-refractivity contribution in [2.24, 2.45) is 0 Å². The lowest BCUT2D eigenvalue weighted by Gasteiger charge is -2.06. The predicted octanol–water partition coefficient (Wildman–Crippen LogP) is 3.98. The first kappa shape index (κ1) is 13.2. The normalized spacial score (nSPS) is 11.5. The molecule has 0 aliphatic rings. The molecular weight excluding hydrogens is 270 g/mol. The van der Waals surface area contributed by atoms with Crippen molar-refractivity contribution in [1.29, 1.82) is 0 Å². The van der Waals surface area contributed by atoms with E-state index in [4.69, 9.17) is 0 Å². The summed E-state index contributed by atoms with van der Waals surface area (Å²) in [6.07, 6.45) is 5.16. The lowest BCUT2D eigenvalue weighted by Crippen LogP contribution is -2.16. The van der Waals surface area contributed by atoms with E-state index in [1.165, 1.54) is 32.9 Å². The lowest BCUT2D eigenvalue weighted by molar-refractivity contribution is 0.691. The maximum absolute atomic E-state index is 3.56. The van der Waals surface area contributed by atoms with Gasteiger partial charge in [-0.1, -0.05) is 30.3 Å². The highest BCUT2D eigenvalue weighted by atomic mass is 14.8. The number of H-pyrrole nitrogens is 2. The van der Waals surface area contributed by atoms with Crippen molar-refractivity contribution in [3.63, 3.8) is 0 Å². The van der Waals surface area contributed by atoms with E-state index in [9.17, 15) is 0 Å².